The van der Waals surface area contributed by atoms with Gasteiger partial charge in [-0.1, -0.05) is 25.5 Å². The molecule has 0 bridgehead atoms. The van der Waals surface area contributed by atoms with Crippen LogP contribution in [0.25, 0.3) is 0 Å². The Kier molecular flexibility index (Phi) is 7.64. The van der Waals surface area contributed by atoms with E-state index in [9.17, 15) is 14.4 Å². The Hall–Kier alpha value is -2.57. The van der Waals surface area contributed by atoms with E-state index in [0.29, 0.717) is 19.6 Å². The van der Waals surface area contributed by atoms with Crippen LogP contribution in [0.1, 0.15) is 55.5 Å². The second-order valence-corrected chi connectivity index (χ2v) is 7.14. The Morgan fingerprint density at radius 3 is 2.59 bits per heavy atom. The van der Waals surface area contributed by atoms with E-state index in [-0.39, 0.29) is 29.5 Å². The average Bonchev–Trinajstić information content (AvgIpc) is 2.66. The second kappa shape index (κ2) is 9.94. The Morgan fingerprint density at radius 1 is 1.26 bits per heavy atom. The largest absolute Gasteiger partial charge is 0.478 e. The van der Waals surface area contributed by atoms with Crippen LogP contribution in [-0.4, -0.2) is 47.0 Å². The molecule has 1 heterocycles. The lowest BCUT2D eigenvalue weighted by atomic mass is 9.97. The van der Waals surface area contributed by atoms with Crippen LogP contribution >= 0.6 is 0 Å². The zero-order chi connectivity index (χ0) is 19.8. The third kappa shape index (κ3) is 6.27. The maximum absolute atomic E-state index is 12.4. The van der Waals surface area contributed by atoms with Gasteiger partial charge in [-0.3, -0.25) is 4.79 Å². The molecule has 1 aromatic carbocycles. The molecule has 0 spiro atoms. The number of benzene rings is 1. The Morgan fingerprint density at radius 2 is 1.96 bits per heavy atom. The zero-order valence-electron chi connectivity index (χ0n) is 16.0. The number of likely N-dealkylation sites (tertiary alicyclic amines) is 1. The number of urea groups is 1. The fourth-order valence-electron chi connectivity index (χ4n) is 3.30. The summed E-state index contributed by atoms with van der Waals surface area (Å²) >= 11 is 0. The Balaban J connectivity index is 1.83. The molecule has 27 heavy (non-hydrogen) atoms. The highest BCUT2D eigenvalue weighted by atomic mass is 16.4. The standard InChI is InChI=1S/C20H29N3O4/c1-3-5-14(2)22-18(24)17-6-4-11-23(13-17)20(27)21-12-15-7-9-16(10-8-15)19(25)26/h7-10,14,17H,3-6,11-13H2,1-2H3,(H,21,27)(H,22,24)(H,25,26). The number of hydrogen-bond acceptors (Lipinski definition) is 3. The molecular weight excluding hydrogens is 346 g/mol. The summed E-state index contributed by atoms with van der Waals surface area (Å²) in [5.41, 5.74) is 1.04. The van der Waals surface area contributed by atoms with Crippen LogP contribution in [0.2, 0.25) is 0 Å². The molecule has 1 saturated heterocycles. The molecule has 3 amide bonds. The fourth-order valence-corrected chi connectivity index (χ4v) is 3.30. The van der Waals surface area contributed by atoms with E-state index < -0.39 is 5.97 Å². The van der Waals surface area contributed by atoms with E-state index in [1.165, 1.54) is 12.1 Å². The summed E-state index contributed by atoms with van der Waals surface area (Å²) < 4.78 is 0. The molecule has 1 aliphatic rings. The number of carboxylic acids is 1. The van der Waals surface area contributed by atoms with Gasteiger partial charge in [0.15, 0.2) is 0 Å². The van der Waals surface area contributed by atoms with E-state index in [2.05, 4.69) is 17.6 Å². The number of amides is 3. The van der Waals surface area contributed by atoms with Gasteiger partial charge >= 0.3 is 12.0 Å². The SMILES string of the molecule is CCCC(C)NC(=O)C1CCCN(C(=O)NCc2ccc(C(=O)O)cc2)C1. The van der Waals surface area contributed by atoms with Gasteiger partial charge in [0.1, 0.15) is 0 Å². The highest BCUT2D eigenvalue weighted by Crippen LogP contribution is 2.17. The lowest BCUT2D eigenvalue weighted by molar-refractivity contribution is -0.126. The van der Waals surface area contributed by atoms with Crippen LogP contribution < -0.4 is 10.6 Å². The van der Waals surface area contributed by atoms with Crippen molar-refractivity contribution in [2.75, 3.05) is 13.1 Å². The number of rotatable bonds is 7. The van der Waals surface area contributed by atoms with Crippen LogP contribution in [-0.2, 0) is 11.3 Å². The topological polar surface area (TPSA) is 98.7 Å². The van der Waals surface area contributed by atoms with Crippen molar-refractivity contribution in [3.05, 3.63) is 35.4 Å². The molecule has 7 heteroatoms. The first-order valence-corrected chi connectivity index (χ1v) is 9.56. The quantitative estimate of drug-likeness (QED) is 0.682. The molecule has 0 aliphatic carbocycles. The highest BCUT2D eigenvalue weighted by Gasteiger charge is 2.28. The molecule has 2 rings (SSSR count). The van der Waals surface area contributed by atoms with Gasteiger partial charge in [0, 0.05) is 25.7 Å². The van der Waals surface area contributed by atoms with Crippen LogP contribution in [0.3, 0.4) is 0 Å². The first-order chi connectivity index (χ1) is 12.9. The van der Waals surface area contributed by atoms with E-state index in [4.69, 9.17) is 5.11 Å². The van der Waals surface area contributed by atoms with Crippen molar-refractivity contribution < 1.29 is 19.5 Å². The first-order valence-electron chi connectivity index (χ1n) is 9.56. The van der Waals surface area contributed by atoms with Crippen LogP contribution in [0, 0.1) is 5.92 Å². The maximum Gasteiger partial charge on any atom is 0.335 e. The van der Waals surface area contributed by atoms with Crippen molar-refractivity contribution in [1.29, 1.82) is 0 Å². The first kappa shape index (κ1) is 20.7. The molecule has 148 valence electrons. The van der Waals surface area contributed by atoms with Crippen LogP contribution in [0.5, 0.6) is 0 Å². The molecule has 7 nitrogen and oxygen atoms in total. The minimum absolute atomic E-state index is 0.0257. The van der Waals surface area contributed by atoms with Gasteiger partial charge in [0.25, 0.3) is 0 Å². The lowest BCUT2D eigenvalue weighted by Crippen LogP contribution is -2.49. The second-order valence-electron chi connectivity index (χ2n) is 7.14. The molecule has 0 radical (unpaired) electrons. The van der Waals surface area contributed by atoms with Crippen LogP contribution in [0.4, 0.5) is 4.79 Å². The summed E-state index contributed by atoms with van der Waals surface area (Å²) in [7, 11) is 0. The summed E-state index contributed by atoms with van der Waals surface area (Å²) in [4.78, 5) is 37.4. The van der Waals surface area contributed by atoms with Crippen molar-refractivity contribution in [2.45, 2.75) is 52.1 Å². The van der Waals surface area contributed by atoms with Gasteiger partial charge in [-0.2, -0.15) is 0 Å². The molecule has 3 N–H and O–H groups in total. The highest BCUT2D eigenvalue weighted by molar-refractivity contribution is 5.87. The molecule has 2 atom stereocenters. The fraction of sp³-hybridized carbons (Fsp3) is 0.550. The number of carbonyl (C=O) groups is 3. The molecule has 0 saturated carbocycles. The third-order valence-corrected chi connectivity index (χ3v) is 4.83. The van der Waals surface area contributed by atoms with Gasteiger partial charge in [-0.25, -0.2) is 9.59 Å². The Labute approximate surface area is 160 Å². The van der Waals surface area contributed by atoms with Gasteiger partial charge in [-0.15, -0.1) is 0 Å². The number of hydrogen-bond donors (Lipinski definition) is 3. The average molecular weight is 375 g/mol. The minimum Gasteiger partial charge on any atom is -0.478 e. The van der Waals surface area contributed by atoms with E-state index in [1.807, 2.05) is 6.92 Å². The Bertz CT molecular complexity index is 660. The number of nitrogens with one attached hydrogen (secondary N) is 2. The smallest absolute Gasteiger partial charge is 0.335 e. The summed E-state index contributed by atoms with van der Waals surface area (Å²) in [6.45, 7) is 5.47. The van der Waals surface area contributed by atoms with Crippen molar-refractivity contribution in [3.63, 3.8) is 0 Å². The number of carbonyl (C=O) groups excluding carboxylic acids is 2. The number of piperidine rings is 1. The lowest BCUT2D eigenvalue weighted by Gasteiger charge is -2.32. The summed E-state index contributed by atoms with van der Waals surface area (Å²) in [6.07, 6.45) is 3.57. The molecule has 0 aromatic heterocycles. The number of aromatic carboxylic acids is 1. The molecule has 2 unspecified atom stereocenters. The molecular formula is C20H29N3O4. The van der Waals surface area contributed by atoms with E-state index in [1.54, 1.807) is 17.0 Å². The predicted octanol–water partition coefficient (Wildman–Crippen LogP) is 2.61. The molecule has 1 aromatic rings. The summed E-state index contributed by atoms with van der Waals surface area (Å²) in [5.74, 6) is -1.12. The van der Waals surface area contributed by atoms with Gasteiger partial charge < -0.3 is 20.6 Å². The van der Waals surface area contributed by atoms with Gasteiger partial charge in [0.2, 0.25) is 5.91 Å². The summed E-state index contributed by atoms with van der Waals surface area (Å²) in [5, 5.41) is 14.8. The maximum atomic E-state index is 12.4. The van der Waals surface area contributed by atoms with Crippen molar-refractivity contribution >= 4 is 17.9 Å². The van der Waals surface area contributed by atoms with Crippen molar-refractivity contribution in [2.24, 2.45) is 5.92 Å². The predicted molar refractivity (Wildman–Crippen MR) is 102 cm³/mol. The number of carboxylic acid groups (broad SMARTS) is 1. The van der Waals surface area contributed by atoms with Crippen molar-refractivity contribution in [3.8, 4) is 0 Å². The number of nitrogens with zero attached hydrogens (tertiary/aromatic N) is 1. The van der Waals surface area contributed by atoms with E-state index in [0.717, 1.165) is 31.2 Å². The molecule has 1 fully saturated rings. The van der Waals surface area contributed by atoms with Gasteiger partial charge in [0.05, 0.1) is 11.5 Å². The normalized spacial score (nSPS) is 17.9. The van der Waals surface area contributed by atoms with E-state index >= 15 is 0 Å². The third-order valence-electron chi connectivity index (χ3n) is 4.83. The summed E-state index contributed by atoms with van der Waals surface area (Å²) in [6, 6.07) is 6.36. The van der Waals surface area contributed by atoms with Gasteiger partial charge in [-0.05, 0) is 43.9 Å². The zero-order valence-corrected chi connectivity index (χ0v) is 16.0. The monoisotopic (exact) mass is 375 g/mol. The molecule has 1 aliphatic heterocycles. The van der Waals surface area contributed by atoms with Crippen molar-refractivity contribution in [1.82, 2.24) is 15.5 Å². The van der Waals surface area contributed by atoms with Crippen LogP contribution in [0.15, 0.2) is 24.3 Å². The minimum atomic E-state index is -0.975.